The highest BCUT2D eigenvalue weighted by molar-refractivity contribution is 5.67. The number of nitrogens with one attached hydrogen (secondary N) is 1. The van der Waals surface area contributed by atoms with E-state index in [1.807, 2.05) is 26.8 Å². The number of carbonyl (C=O) groups is 1. The summed E-state index contributed by atoms with van der Waals surface area (Å²) in [5.41, 5.74) is -0.422. The van der Waals surface area contributed by atoms with Gasteiger partial charge in [-0.1, -0.05) is 49.8 Å². The van der Waals surface area contributed by atoms with Crippen LogP contribution in [0, 0.1) is 0 Å². The SMILES string of the molecule is CCC=CC=CC=CCCCCCNC(=O)OC(C)(C)C. The molecule has 0 aliphatic heterocycles. The van der Waals surface area contributed by atoms with E-state index in [0.29, 0.717) is 6.54 Å². The first kappa shape index (κ1) is 19.5. The number of allylic oxidation sites excluding steroid dienone is 6. The van der Waals surface area contributed by atoms with Gasteiger partial charge in [-0.15, -0.1) is 0 Å². The molecule has 0 unspecified atom stereocenters. The smallest absolute Gasteiger partial charge is 0.407 e. The van der Waals surface area contributed by atoms with Crippen molar-refractivity contribution in [2.24, 2.45) is 0 Å². The van der Waals surface area contributed by atoms with Crippen LogP contribution in [0.4, 0.5) is 4.79 Å². The number of alkyl carbamates (subject to hydrolysis) is 1. The third-order valence-corrected chi connectivity index (χ3v) is 2.56. The van der Waals surface area contributed by atoms with Crippen molar-refractivity contribution in [1.82, 2.24) is 5.32 Å². The average molecular weight is 293 g/mol. The van der Waals surface area contributed by atoms with E-state index >= 15 is 0 Å². The maximum atomic E-state index is 11.4. The molecule has 0 aromatic rings. The average Bonchev–Trinajstić information content (AvgIpc) is 2.38. The van der Waals surface area contributed by atoms with Gasteiger partial charge in [0.1, 0.15) is 5.60 Å². The van der Waals surface area contributed by atoms with E-state index in [4.69, 9.17) is 4.74 Å². The third kappa shape index (κ3) is 16.4. The zero-order valence-corrected chi connectivity index (χ0v) is 14.0. The summed E-state index contributed by atoms with van der Waals surface area (Å²) in [6.45, 7) is 8.40. The van der Waals surface area contributed by atoms with Crippen molar-refractivity contribution >= 4 is 6.09 Å². The Labute approximate surface area is 130 Å². The van der Waals surface area contributed by atoms with Crippen molar-refractivity contribution in [2.45, 2.75) is 65.4 Å². The summed E-state index contributed by atoms with van der Waals surface area (Å²) in [6, 6.07) is 0. The van der Waals surface area contributed by atoms with E-state index in [-0.39, 0.29) is 6.09 Å². The maximum Gasteiger partial charge on any atom is 0.407 e. The highest BCUT2D eigenvalue weighted by Gasteiger charge is 2.15. The van der Waals surface area contributed by atoms with Gasteiger partial charge in [0.2, 0.25) is 0 Å². The number of carbonyl (C=O) groups excluding carboxylic acids is 1. The molecule has 1 N–H and O–H groups in total. The second kappa shape index (κ2) is 12.2. The third-order valence-electron chi connectivity index (χ3n) is 2.56. The van der Waals surface area contributed by atoms with Crippen LogP contribution < -0.4 is 5.32 Å². The van der Waals surface area contributed by atoms with Crippen molar-refractivity contribution < 1.29 is 9.53 Å². The molecule has 0 rings (SSSR count). The van der Waals surface area contributed by atoms with Crippen LogP contribution in [0.5, 0.6) is 0 Å². The molecule has 0 bridgehead atoms. The molecule has 0 aliphatic rings. The van der Waals surface area contributed by atoms with Gasteiger partial charge in [-0.3, -0.25) is 0 Å². The first-order valence-corrected chi connectivity index (χ1v) is 7.91. The lowest BCUT2D eigenvalue weighted by molar-refractivity contribution is 0.0527. The first-order valence-electron chi connectivity index (χ1n) is 7.91. The quantitative estimate of drug-likeness (QED) is 0.471. The van der Waals surface area contributed by atoms with Gasteiger partial charge >= 0.3 is 6.09 Å². The second-order valence-corrected chi connectivity index (χ2v) is 5.93. The molecular formula is C18H31NO2. The van der Waals surface area contributed by atoms with Crippen LogP contribution in [0.1, 0.15) is 59.8 Å². The number of hydrogen-bond donors (Lipinski definition) is 1. The lowest BCUT2D eigenvalue weighted by Crippen LogP contribution is -2.32. The van der Waals surface area contributed by atoms with Gasteiger partial charge in [0.05, 0.1) is 0 Å². The van der Waals surface area contributed by atoms with Crippen molar-refractivity contribution in [3.05, 3.63) is 36.5 Å². The summed E-state index contributed by atoms with van der Waals surface area (Å²) in [7, 11) is 0. The van der Waals surface area contributed by atoms with Crippen molar-refractivity contribution in [3.63, 3.8) is 0 Å². The molecule has 0 aromatic heterocycles. The minimum atomic E-state index is -0.422. The highest BCUT2D eigenvalue weighted by atomic mass is 16.6. The predicted octanol–water partition coefficient (Wildman–Crippen LogP) is 5.15. The number of ether oxygens (including phenoxy) is 1. The van der Waals surface area contributed by atoms with Crippen molar-refractivity contribution in [2.75, 3.05) is 6.54 Å². The topological polar surface area (TPSA) is 38.3 Å². The van der Waals surface area contributed by atoms with E-state index in [1.165, 1.54) is 0 Å². The van der Waals surface area contributed by atoms with E-state index in [2.05, 4.69) is 42.6 Å². The molecule has 21 heavy (non-hydrogen) atoms. The molecular weight excluding hydrogens is 262 g/mol. The Hall–Kier alpha value is -1.51. The van der Waals surface area contributed by atoms with Gasteiger partial charge in [0.25, 0.3) is 0 Å². The fourth-order valence-electron chi connectivity index (χ4n) is 1.59. The maximum absolute atomic E-state index is 11.4. The fourth-order valence-corrected chi connectivity index (χ4v) is 1.59. The Morgan fingerprint density at radius 3 is 2.29 bits per heavy atom. The lowest BCUT2D eigenvalue weighted by Gasteiger charge is -2.19. The Morgan fingerprint density at radius 2 is 1.67 bits per heavy atom. The molecule has 0 radical (unpaired) electrons. The van der Waals surface area contributed by atoms with Gasteiger partial charge < -0.3 is 10.1 Å². The molecule has 0 heterocycles. The molecule has 120 valence electrons. The first-order chi connectivity index (χ1) is 9.95. The molecule has 0 saturated heterocycles. The summed E-state index contributed by atoms with van der Waals surface area (Å²) in [5, 5.41) is 2.77. The molecule has 3 heteroatoms. The summed E-state index contributed by atoms with van der Waals surface area (Å²) in [4.78, 5) is 11.4. The van der Waals surface area contributed by atoms with Gasteiger partial charge in [-0.05, 0) is 46.5 Å². The van der Waals surface area contributed by atoms with Crippen LogP contribution in [-0.4, -0.2) is 18.2 Å². The number of amides is 1. The van der Waals surface area contributed by atoms with Crippen molar-refractivity contribution in [3.8, 4) is 0 Å². The summed E-state index contributed by atoms with van der Waals surface area (Å²) in [6.07, 6.45) is 17.6. The van der Waals surface area contributed by atoms with Crippen molar-refractivity contribution in [1.29, 1.82) is 0 Å². The van der Waals surface area contributed by atoms with Crippen LogP contribution in [0.2, 0.25) is 0 Å². The minimum absolute atomic E-state index is 0.326. The molecule has 0 spiro atoms. The Morgan fingerprint density at radius 1 is 1.00 bits per heavy atom. The van der Waals surface area contributed by atoms with E-state index in [9.17, 15) is 4.79 Å². The van der Waals surface area contributed by atoms with E-state index < -0.39 is 5.60 Å². The molecule has 0 saturated carbocycles. The van der Waals surface area contributed by atoms with E-state index in [0.717, 1.165) is 32.1 Å². The minimum Gasteiger partial charge on any atom is -0.444 e. The fraction of sp³-hybridized carbons (Fsp3) is 0.611. The van der Waals surface area contributed by atoms with Gasteiger partial charge in [-0.25, -0.2) is 4.79 Å². The lowest BCUT2D eigenvalue weighted by atomic mass is 10.2. The normalized spacial score (nSPS) is 12.6. The summed E-state index contributed by atoms with van der Waals surface area (Å²) in [5.74, 6) is 0. The molecule has 0 atom stereocenters. The van der Waals surface area contributed by atoms with Crippen LogP contribution in [0.3, 0.4) is 0 Å². The summed E-state index contributed by atoms with van der Waals surface area (Å²) >= 11 is 0. The molecule has 0 fully saturated rings. The van der Waals surface area contributed by atoms with Crippen LogP contribution in [0.25, 0.3) is 0 Å². The zero-order valence-electron chi connectivity index (χ0n) is 14.0. The van der Waals surface area contributed by atoms with Crippen LogP contribution in [0.15, 0.2) is 36.5 Å². The summed E-state index contributed by atoms with van der Waals surface area (Å²) < 4.78 is 5.16. The molecule has 0 aliphatic carbocycles. The van der Waals surface area contributed by atoms with Gasteiger partial charge in [0.15, 0.2) is 0 Å². The standard InChI is InChI=1S/C18H31NO2/c1-5-6-7-8-9-10-11-12-13-14-15-16-19-17(20)21-18(2,3)4/h6-11H,5,12-16H2,1-4H3,(H,19,20). The Bertz CT molecular complexity index is 349. The highest BCUT2D eigenvalue weighted by Crippen LogP contribution is 2.06. The van der Waals surface area contributed by atoms with Gasteiger partial charge in [0, 0.05) is 6.54 Å². The molecule has 3 nitrogen and oxygen atoms in total. The number of hydrogen-bond acceptors (Lipinski definition) is 2. The van der Waals surface area contributed by atoms with E-state index in [1.54, 1.807) is 0 Å². The predicted molar refractivity (Wildman–Crippen MR) is 90.4 cm³/mol. The molecule has 0 aromatic carbocycles. The Kier molecular flexibility index (Phi) is 11.4. The van der Waals surface area contributed by atoms with Crippen LogP contribution >= 0.6 is 0 Å². The van der Waals surface area contributed by atoms with Gasteiger partial charge in [-0.2, -0.15) is 0 Å². The largest absolute Gasteiger partial charge is 0.444 e. The molecule has 1 amide bonds. The van der Waals surface area contributed by atoms with Crippen LogP contribution in [-0.2, 0) is 4.74 Å². The monoisotopic (exact) mass is 293 g/mol. The number of unbranched alkanes of at least 4 members (excludes halogenated alkanes) is 3. The zero-order chi connectivity index (χ0) is 16.0. The Balaban J connectivity index is 3.44. The number of rotatable bonds is 9. The second-order valence-electron chi connectivity index (χ2n) is 5.93.